The van der Waals surface area contributed by atoms with Crippen molar-refractivity contribution in [1.29, 1.82) is 0 Å². The van der Waals surface area contributed by atoms with Crippen LogP contribution in [0, 0.1) is 0 Å². The van der Waals surface area contributed by atoms with Crippen molar-refractivity contribution in [2.24, 2.45) is 0 Å². The van der Waals surface area contributed by atoms with Crippen molar-refractivity contribution in [2.75, 3.05) is 30.0 Å². The lowest BCUT2D eigenvalue weighted by molar-refractivity contribution is 0.0750. The lowest BCUT2D eigenvalue weighted by Crippen LogP contribution is -2.50. The molecule has 1 aromatic rings. The van der Waals surface area contributed by atoms with Crippen LogP contribution in [0.2, 0.25) is 0 Å². The summed E-state index contributed by atoms with van der Waals surface area (Å²) >= 11 is 1.50. The zero-order valence-corrected chi connectivity index (χ0v) is 12.6. The van der Waals surface area contributed by atoms with E-state index in [9.17, 15) is 18.3 Å². The van der Waals surface area contributed by atoms with Gasteiger partial charge in [0, 0.05) is 30.0 Å². The van der Waals surface area contributed by atoms with Crippen LogP contribution in [0.3, 0.4) is 0 Å². The van der Waals surface area contributed by atoms with Crippen LogP contribution in [0.4, 0.5) is 5.69 Å². The average Bonchev–Trinajstić information content (AvgIpc) is 2.40. The molecule has 8 heteroatoms. The zero-order chi connectivity index (χ0) is 14.9. The molecule has 1 unspecified atom stereocenters. The smallest absolute Gasteiger partial charge is 0.257 e. The van der Waals surface area contributed by atoms with Gasteiger partial charge in [0.05, 0.1) is 5.56 Å². The van der Waals surface area contributed by atoms with Gasteiger partial charge < -0.3 is 15.7 Å². The first-order chi connectivity index (χ1) is 9.30. The van der Waals surface area contributed by atoms with Gasteiger partial charge in [-0.3, -0.25) is 4.79 Å². The molecule has 1 aliphatic rings. The highest BCUT2D eigenvalue weighted by Gasteiger charge is 2.35. The Balaban J connectivity index is 2.37. The minimum atomic E-state index is -3.37. The van der Waals surface area contributed by atoms with E-state index >= 15 is 0 Å². The molecule has 1 atom stereocenters. The number of amides is 1. The molecule has 0 saturated carbocycles. The lowest BCUT2D eigenvalue weighted by Gasteiger charge is -2.34. The molecule has 0 aliphatic carbocycles. The number of aromatic hydroxyl groups is 1. The van der Waals surface area contributed by atoms with Crippen molar-refractivity contribution in [1.82, 2.24) is 4.90 Å². The van der Waals surface area contributed by atoms with Crippen LogP contribution in [0.25, 0.3) is 0 Å². The van der Waals surface area contributed by atoms with Gasteiger partial charge in [-0.1, -0.05) is 0 Å². The highest BCUT2D eigenvalue weighted by atomic mass is 32.2. The van der Waals surface area contributed by atoms with E-state index in [1.54, 1.807) is 0 Å². The molecule has 3 N–H and O–H groups in total. The largest absolute Gasteiger partial charge is 0.508 e. The van der Waals surface area contributed by atoms with Crippen molar-refractivity contribution in [2.45, 2.75) is 5.37 Å². The van der Waals surface area contributed by atoms with Crippen molar-refractivity contribution in [3.8, 4) is 5.75 Å². The van der Waals surface area contributed by atoms with Crippen molar-refractivity contribution in [3.05, 3.63) is 23.8 Å². The van der Waals surface area contributed by atoms with Gasteiger partial charge in [-0.25, -0.2) is 8.42 Å². The summed E-state index contributed by atoms with van der Waals surface area (Å²) in [4.78, 5) is 13.8. The number of anilines is 1. The number of sulfone groups is 1. The van der Waals surface area contributed by atoms with Crippen LogP contribution < -0.4 is 5.73 Å². The zero-order valence-electron chi connectivity index (χ0n) is 10.9. The summed E-state index contributed by atoms with van der Waals surface area (Å²) in [6, 6.07) is 4.07. The maximum Gasteiger partial charge on any atom is 0.257 e. The second-order valence-electron chi connectivity index (χ2n) is 4.63. The Bertz CT molecular complexity index is 630. The molecule has 1 aromatic carbocycles. The molecule has 20 heavy (non-hydrogen) atoms. The topological polar surface area (TPSA) is 101 Å². The number of carbonyl (C=O) groups excluding carboxylic acids is 1. The standard InChI is InChI=1S/C12H16N2O4S2/c1-20(17,18)11-7-19-5-4-14(11)12(16)9-6-8(15)2-3-10(9)13/h2-3,6,11,15H,4-5,7,13H2,1H3. The van der Waals surface area contributed by atoms with Crippen molar-refractivity contribution >= 4 is 33.2 Å². The third-order valence-corrected chi connectivity index (χ3v) is 5.75. The fraction of sp³-hybridized carbons (Fsp3) is 0.417. The summed E-state index contributed by atoms with van der Waals surface area (Å²) in [6.07, 6.45) is 1.12. The molecular formula is C12H16N2O4S2. The quantitative estimate of drug-likeness (QED) is 0.610. The summed E-state index contributed by atoms with van der Waals surface area (Å²) < 4.78 is 23.6. The van der Waals surface area contributed by atoms with Gasteiger partial charge in [-0.05, 0) is 18.2 Å². The Morgan fingerprint density at radius 1 is 1.50 bits per heavy atom. The predicted molar refractivity (Wildman–Crippen MR) is 79.5 cm³/mol. The molecular weight excluding hydrogens is 300 g/mol. The van der Waals surface area contributed by atoms with E-state index in [0.29, 0.717) is 18.1 Å². The number of hydrogen-bond acceptors (Lipinski definition) is 6. The molecule has 0 aromatic heterocycles. The van der Waals surface area contributed by atoms with Crippen LogP contribution in [0.5, 0.6) is 5.75 Å². The number of benzene rings is 1. The summed E-state index contributed by atoms with van der Waals surface area (Å²) in [6.45, 7) is 0.344. The normalized spacial score (nSPS) is 19.9. The average molecular weight is 316 g/mol. The first-order valence-electron chi connectivity index (χ1n) is 5.97. The summed E-state index contributed by atoms with van der Waals surface area (Å²) in [5, 5.41) is 8.61. The molecule has 110 valence electrons. The number of nitrogen functional groups attached to an aromatic ring is 1. The maximum absolute atomic E-state index is 12.5. The minimum absolute atomic E-state index is 0.0789. The third-order valence-electron chi connectivity index (χ3n) is 3.11. The van der Waals surface area contributed by atoms with Gasteiger partial charge >= 0.3 is 0 Å². The van der Waals surface area contributed by atoms with E-state index in [1.807, 2.05) is 0 Å². The molecule has 0 bridgehead atoms. The highest BCUT2D eigenvalue weighted by Crippen LogP contribution is 2.26. The molecule has 1 amide bonds. The van der Waals surface area contributed by atoms with E-state index in [-0.39, 0.29) is 17.0 Å². The number of rotatable bonds is 2. The van der Waals surface area contributed by atoms with Gasteiger partial charge in [0.25, 0.3) is 5.91 Å². The molecule has 0 radical (unpaired) electrons. The van der Waals surface area contributed by atoms with Crippen molar-refractivity contribution < 1.29 is 18.3 Å². The molecule has 1 fully saturated rings. The van der Waals surface area contributed by atoms with Gasteiger partial charge in [0.2, 0.25) is 0 Å². The molecule has 6 nitrogen and oxygen atoms in total. The third kappa shape index (κ3) is 3.01. The Labute approximate surface area is 121 Å². The Hall–Kier alpha value is -1.41. The number of phenolic OH excluding ortho intramolecular Hbond substituents is 1. The van der Waals surface area contributed by atoms with Gasteiger partial charge in [-0.2, -0.15) is 11.8 Å². The summed E-state index contributed by atoms with van der Waals surface area (Å²) in [7, 11) is -3.37. The van der Waals surface area contributed by atoms with Crippen molar-refractivity contribution in [3.63, 3.8) is 0 Å². The SMILES string of the molecule is CS(=O)(=O)C1CSCCN1C(=O)c1cc(O)ccc1N. The number of hydrogen-bond donors (Lipinski definition) is 2. The molecule has 1 saturated heterocycles. The predicted octanol–water partition coefficient (Wildman–Crippen LogP) is 0.534. The van der Waals surface area contributed by atoms with E-state index in [0.717, 1.165) is 6.26 Å². The fourth-order valence-corrected chi connectivity index (χ4v) is 4.87. The fourth-order valence-electron chi connectivity index (χ4n) is 2.05. The highest BCUT2D eigenvalue weighted by molar-refractivity contribution is 8.00. The summed E-state index contributed by atoms with van der Waals surface area (Å²) in [5.74, 6) is 0.485. The lowest BCUT2D eigenvalue weighted by atomic mass is 10.1. The van der Waals surface area contributed by atoms with E-state index in [4.69, 9.17) is 5.73 Å². The molecule has 1 aliphatic heterocycles. The number of phenols is 1. The van der Waals surface area contributed by atoms with Gasteiger partial charge in [0.1, 0.15) is 11.1 Å². The van der Waals surface area contributed by atoms with Crippen LogP contribution in [-0.4, -0.2) is 54.0 Å². The number of nitrogens with zero attached hydrogens (tertiary/aromatic N) is 1. The number of nitrogens with two attached hydrogens (primary N) is 1. The number of carbonyl (C=O) groups is 1. The Kier molecular flexibility index (Phi) is 4.14. The molecule has 0 spiro atoms. The maximum atomic E-state index is 12.5. The minimum Gasteiger partial charge on any atom is -0.508 e. The van der Waals surface area contributed by atoms with Crippen LogP contribution in [0.15, 0.2) is 18.2 Å². The molecule has 2 rings (SSSR count). The van der Waals surface area contributed by atoms with Gasteiger partial charge in [-0.15, -0.1) is 0 Å². The monoisotopic (exact) mass is 316 g/mol. The second-order valence-corrected chi connectivity index (χ2v) is 7.98. The van der Waals surface area contributed by atoms with E-state index in [2.05, 4.69) is 0 Å². The Morgan fingerprint density at radius 3 is 2.85 bits per heavy atom. The van der Waals surface area contributed by atoms with E-state index < -0.39 is 21.1 Å². The first kappa shape index (κ1) is 15.0. The number of thioether (sulfide) groups is 1. The second kappa shape index (κ2) is 5.53. The van der Waals surface area contributed by atoms with E-state index in [1.165, 1.54) is 34.9 Å². The van der Waals surface area contributed by atoms with Crippen LogP contribution in [-0.2, 0) is 9.84 Å². The Morgan fingerprint density at radius 2 is 2.20 bits per heavy atom. The van der Waals surface area contributed by atoms with Gasteiger partial charge in [0.15, 0.2) is 9.84 Å². The molecule has 1 heterocycles. The summed E-state index contributed by atoms with van der Waals surface area (Å²) in [5.41, 5.74) is 6.09. The van der Waals surface area contributed by atoms with Crippen LogP contribution in [0.1, 0.15) is 10.4 Å². The van der Waals surface area contributed by atoms with Crippen LogP contribution >= 0.6 is 11.8 Å². The first-order valence-corrected chi connectivity index (χ1v) is 9.07.